The number of benzene rings is 2. The van der Waals surface area contributed by atoms with Crippen molar-refractivity contribution in [2.24, 2.45) is 0 Å². The van der Waals surface area contributed by atoms with Gasteiger partial charge < -0.3 is 9.47 Å². The molecule has 2 aromatic rings. The summed E-state index contributed by atoms with van der Waals surface area (Å²) in [5, 5.41) is 0. The number of hydrogen-bond acceptors (Lipinski definition) is 3. The number of rotatable bonds is 5. The summed E-state index contributed by atoms with van der Waals surface area (Å²) >= 11 is 2.06. The van der Waals surface area contributed by atoms with Crippen molar-refractivity contribution in [1.82, 2.24) is 0 Å². The van der Waals surface area contributed by atoms with Crippen LogP contribution in [0.2, 0.25) is 0 Å². The second-order valence-corrected chi connectivity index (χ2v) is 6.58. The maximum absolute atomic E-state index is 13.2. The number of methoxy groups -OCH3 is 1. The Morgan fingerprint density at radius 1 is 1.20 bits per heavy atom. The van der Waals surface area contributed by atoms with E-state index in [4.69, 9.17) is 4.74 Å². The van der Waals surface area contributed by atoms with Crippen LogP contribution in [0.3, 0.4) is 0 Å². The summed E-state index contributed by atoms with van der Waals surface area (Å²) in [7, 11) is 1.29. The lowest BCUT2D eigenvalue weighted by molar-refractivity contribution is -0.140. The fraction of sp³-hybridized carbons (Fsp3) is 0.278. The molecule has 0 aliphatic rings. The van der Waals surface area contributed by atoms with Crippen LogP contribution in [0, 0.1) is 10.5 Å². The first-order valence-corrected chi connectivity index (χ1v) is 8.44. The molecule has 7 heteroatoms. The van der Waals surface area contributed by atoms with Crippen molar-refractivity contribution in [3.63, 3.8) is 0 Å². The summed E-state index contributed by atoms with van der Waals surface area (Å²) in [4.78, 5) is 11.5. The highest BCUT2D eigenvalue weighted by molar-refractivity contribution is 14.1. The number of aryl methyl sites for hydroxylation is 1. The highest BCUT2D eigenvalue weighted by atomic mass is 127. The first kappa shape index (κ1) is 19.6. The van der Waals surface area contributed by atoms with E-state index in [1.54, 1.807) is 31.2 Å². The van der Waals surface area contributed by atoms with Crippen molar-refractivity contribution in [1.29, 1.82) is 0 Å². The number of halogens is 4. The Balaban J connectivity index is 2.29. The number of hydrogen-bond donors (Lipinski definition) is 0. The van der Waals surface area contributed by atoms with Gasteiger partial charge in [0.1, 0.15) is 12.4 Å². The Labute approximate surface area is 157 Å². The second-order valence-electron chi connectivity index (χ2n) is 5.42. The molecule has 0 heterocycles. The topological polar surface area (TPSA) is 35.5 Å². The van der Waals surface area contributed by atoms with Crippen LogP contribution in [0.5, 0.6) is 5.75 Å². The second kappa shape index (κ2) is 8.07. The van der Waals surface area contributed by atoms with Gasteiger partial charge >= 0.3 is 12.1 Å². The van der Waals surface area contributed by atoms with Gasteiger partial charge in [0.15, 0.2) is 0 Å². The maximum atomic E-state index is 13.2. The minimum atomic E-state index is -4.50. The van der Waals surface area contributed by atoms with Crippen LogP contribution in [-0.4, -0.2) is 13.1 Å². The van der Waals surface area contributed by atoms with Gasteiger partial charge in [0.2, 0.25) is 0 Å². The molecule has 0 saturated carbocycles. The molecule has 0 N–H and O–H groups in total. The highest BCUT2D eigenvalue weighted by Crippen LogP contribution is 2.37. The van der Waals surface area contributed by atoms with Crippen LogP contribution in [0.15, 0.2) is 36.4 Å². The number of carbonyl (C=O) groups excluding carboxylic acids is 1. The minimum Gasteiger partial charge on any atom is -0.488 e. The van der Waals surface area contributed by atoms with Crippen molar-refractivity contribution in [2.75, 3.05) is 7.11 Å². The average molecular weight is 464 g/mol. The van der Waals surface area contributed by atoms with E-state index in [1.807, 2.05) is 0 Å². The summed E-state index contributed by atoms with van der Waals surface area (Å²) in [6, 6.07) is 9.25. The zero-order valence-corrected chi connectivity index (χ0v) is 15.8. The third-order valence-electron chi connectivity index (χ3n) is 3.59. The Bertz CT molecular complexity index is 773. The molecule has 0 aliphatic heterocycles. The predicted molar refractivity (Wildman–Crippen MR) is 95.4 cm³/mol. The Kier molecular flexibility index (Phi) is 6.31. The van der Waals surface area contributed by atoms with Gasteiger partial charge in [0, 0.05) is 9.13 Å². The van der Waals surface area contributed by atoms with Gasteiger partial charge in [-0.05, 0) is 53.3 Å². The molecule has 0 saturated heterocycles. The molecular formula is C18H16F3IO3. The monoisotopic (exact) mass is 464 g/mol. The van der Waals surface area contributed by atoms with Crippen LogP contribution in [-0.2, 0) is 28.7 Å². The lowest BCUT2D eigenvalue weighted by Gasteiger charge is -2.17. The fourth-order valence-electron chi connectivity index (χ4n) is 2.30. The zero-order valence-electron chi connectivity index (χ0n) is 13.6. The first-order valence-electron chi connectivity index (χ1n) is 7.36. The van der Waals surface area contributed by atoms with Gasteiger partial charge in [-0.3, -0.25) is 4.79 Å². The van der Waals surface area contributed by atoms with Gasteiger partial charge in [0.05, 0.1) is 19.1 Å². The predicted octanol–water partition coefficient (Wildman–Crippen LogP) is 4.91. The molecule has 2 rings (SSSR count). The van der Waals surface area contributed by atoms with Crippen molar-refractivity contribution < 1.29 is 27.4 Å². The van der Waals surface area contributed by atoms with Gasteiger partial charge in [0.25, 0.3) is 0 Å². The van der Waals surface area contributed by atoms with E-state index >= 15 is 0 Å². The standard InChI is InChI=1S/C18H16F3IO3/c1-11-6-7-16(14(8-11)18(19,20)21)25-10-13-12(9-17(23)24-2)4-3-5-15(13)22/h3-8H,9-10H2,1-2H3. The molecule has 0 aliphatic carbocycles. The molecule has 3 nitrogen and oxygen atoms in total. The van der Waals surface area contributed by atoms with Gasteiger partial charge in [-0.1, -0.05) is 23.8 Å². The van der Waals surface area contributed by atoms with Crippen molar-refractivity contribution in [3.8, 4) is 5.75 Å². The molecule has 25 heavy (non-hydrogen) atoms. The molecular weight excluding hydrogens is 448 g/mol. The normalized spacial score (nSPS) is 11.3. The van der Waals surface area contributed by atoms with E-state index < -0.39 is 17.7 Å². The van der Waals surface area contributed by atoms with Crippen molar-refractivity contribution in [2.45, 2.75) is 26.1 Å². The van der Waals surface area contributed by atoms with E-state index in [1.165, 1.54) is 13.2 Å². The Morgan fingerprint density at radius 3 is 2.56 bits per heavy atom. The Hall–Kier alpha value is -1.77. The third-order valence-corrected chi connectivity index (χ3v) is 4.60. The third kappa shape index (κ3) is 5.10. The molecule has 134 valence electrons. The van der Waals surface area contributed by atoms with E-state index in [0.717, 1.165) is 9.64 Å². The number of alkyl halides is 3. The summed E-state index contributed by atoms with van der Waals surface area (Å²) in [6.07, 6.45) is -4.47. The van der Waals surface area contributed by atoms with Crippen LogP contribution in [0.1, 0.15) is 22.3 Å². The quantitative estimate of drug-likeness (QED) is 0.466. The van der Waals surface area contributed by atoms with Gasteiger partial charge in [-0.25, -0.2) is 0 Å². The summed E-state index contributed by atoms with van der Waals surface area (Å²) in [5.41, 5.74) is 1.02. The molecule has 0 fully saturated rings. The zero-order chi connectivity index (χ0) is 18.6. The smallest absolute Gasteiger partial charge is 0.419 e. The largest absolute Gasteiger partial charge is 0.488 e. The van der Waals surface area contributed by atoms with Crippen LogP contribution in [0.4, 0.5) is 13.2 Å². The molecule has 2 aromatic carbocycles. The fourth-order valence-corrected chi connectivity index (χ4v) is 3.01. The highest BCUT2D eigenvalue weighted by Gasteiger charge is 2.34. The van der Waals surface area contributed by atoms with Crippen molar-refractivity contribution >= 4 is 28.6 Å². The van der Waals surface area contributed by atoms with Crippen LogP contribution < -0.4 is 4.74 Å². The summed E-state index contributed by atoms with van der Waals surface area (Å²) < 4.78 is 50.5. The molecule has 0 atom stereocenters. The van der Waals surface area contributed by atoms with Crippen molar-refractivity contribution in [3.05, 3.63) is 62.2 Å². The number of esters is 1. The Morgan fingerprint density at radius 2 is 1.92 bits per heavy atom. The molecule has 0 radical (unpaired) electrons. The van der Waals surface area contributed by atoms with E-state index in [2.05, 4.69) is 27.3 Å². The van der Waals surface area contributed by atoms with E-state index in [9.17, 15) is 18.0 Å². The van der Waals surface area contributed by atoms with Gasteiger partial charge in [-0.15, -0.1) is 0 Å². The molecule has 0 aromatic heterocycles. The SMILES string of the molecule is COC(=O)Cc1cccc(I)c1COc1ccc(C)cc1C(F)(F)F. The number of ether oxygens (including phenoxy) is 2. The lowest BCUT2D eigenvalue weighted by Crippen LogP contribution is -2.12. The molecule has 0 amide bonds. The van der Waals surface area contributed by atoms with Gasteiger partial charge in [-0.2, -0.15) is 13.2 Å². The first-order chi connectivity index (χ1) is 11.7. The van der Waals surface area contributed by atoms with E-state index in [-0.39, 0.29) is 18.8 Å². The van der Waals surface area contributed by atoms with E-state index in [0.29, 0.717) is 16.7 Å². The molecule has 0 spiro atoms. The maximum Gasteiger partial charge on any atom is 0.419 e. The summed E-state index contributed by atoms with van der Waals surface area (Å²) in [5.74, 6) is -0.656. The van der Waals surface area contributed by atoms with Crippen LogP contribution >= 0.6 is 22.6 Å². The summed E-state index contributed by atoms with van der Waals surface area (Å²) in [6.45, 7) is 1.52. The average Bonchev–Trinajstić information content (AvgIpc) is 2.54. The minimum absolute atomic E-state index is 0.0338. The molecule has 0 bridgehead atoms. The molecule has 0 unspecified atom stereocenters. The van der Waals surface area contributed by atoms with Crippen LogP contribution in [0.25, 0.3) is 0 Å². The lowest BCUT2D eigenvalue weighted by atomic mass is 10.1. The number of carbonyl (C=O) groups is 1.